The summed E-state index contributed by atoms with van der Waals surface area (Å²) in [6.07, 6.45) is 0. The molecule has 1 heterocycles. The molecule has 0 aliphatic heterocycles. The van der Waals surface area contributed by atoms with E-state index in [2.05, 4.69) is 4.72 Å². The molecule has 3 N–H and O–H groups in total. The first-order chi connectivity index (χ1) is 8.12. The van der Waals surface area contributed by atoms with Gasteiger partial charge in [0.1, 0.15) is 0 Å². The maximum atomic E-state index is 12.0. The van der Waals surface area contributed by atoms with Crippen molar-refractivity contribution in [3.63, 3.8) is 0 Å². The Hall–Kier alpha value is -1.37. The van der Waals surface area contributed by atoms with Crippen molar-refractivity contribution in [3.8, 4) is 0 Å². The lowest BCUT2D eigenvalue weighted by molar-refractivity contribution is 0.601. The second kappa shape index (κ2) is 4.87. The molecular weight excluding hydrogens is 256 g/mol. The normalized spacial score (nSPS) is 11.4. The highest BCUT2D eigenvalue weighted by Gasteiger charge is 2.15. The van der Waals surface area contributed by atoms with E-state index in [0.717, 1.165) is 4.88 Å². The average molecular weight is 268 g/mol. The Bertz CT molecular complexity index is 591. The van der Waals surface area contributed by atoms with Crippen molar-refractivity contribution >= 4 is 27.0 Å². The number of para-hydroxylation sites is 1. The van der Waals surface area contributed by atoms with E-state index in [4.69, 9.17) is 5.73 Å². The highest BCUT2D eigenvalue weighted by atomic mass is 32.2. The predicted octanol–water partition coefficient (Wildman–Crippen LogP) is 2.01. The topological polar surface area (TPSA) is 72.2 Å². The summed E-state index contributed by atoms with van der Waals surface area (Å²) < 4.78 is 26.5. The van der Waals surface area contributed by atoms with Crippen LogP contribution in [-0.2, 0) is 16.6 Å². The molecule has 17 heavy (non-hydrogen) atoms. The second-order valence-corrected chi connectivity index (χ2v) is 6.10. The standard InChI is InChI=1S/C11H12N2O2S2/c12-7-10-6-11(8-16-10)17(14,15)13-9-4-2-1-3-5-9/h1-6,8,13H,7,12H2. The van der Waals surface area contributed by atoms with Gasteiger partial charge in [-0.15, -0.1) is 11.3 Å². The number of thiophene rings is 1. The third-order valence-corrected chi connectivity index (χ3v) is 4.64. The van der Waals surface area contributed by atoms with Crippen LogP contribution in [0.3, 0.4) is 0 Å². The van der Waals surface area contributed by atoms with Gasteiger partial charge in [-0.2, -0.15) is 0 Å². The molecule has 6 heteroatoms. The van der Waals surface area contributed by atoms with Crippen molar-refractivity contribution in [2.24, 2.45) is 5.73 Å². The quantitative estimate of drug-likeness (QED) is 0.891. The Kier molecular flexibility index (Phi) is 3.46. The van der Waals surface area contributed by atoms with Crippen LogP contribution in [0.5, 0.6) is 0 Å². The van der Waals surface area contributed by atoms with Crippen LogP contribution in [0.25, 0.3) is 0 Å². The molecule has 0 spiro atoms. The smallest absolute Gasteiger partial charge is 0.262 e. The van der Waals surface area contributed by atoms with Crippen LogP contribution in [0, 0.1) is 0 Å². The Morgan fingerprint density at radius 1 is 1.24 bits per heavy atom. The Labute approximate surface area is 104 Å². The van der Waals surface area contributed by atoms with E-state index in [1.165, 1.54) is 11.3 Å². The zero-order chi connectivity index (χ0) is 12.3. The van der Waals surface area contributed by atoms with Crippen LogP contribution in [-0.4, -0.2) is 8.42 Å². The molecule has 2 rings (SSSR count). The molecule has 4 nitrogen and oxygen atoms in total. The zero-order valence-corrected chi connectivity index (χ0v) is 10.6. The molecule has 0 saturated heterocycles. The second-order valence-electron chi connectivity index (χ2n) is 3.42. The Morgan fingerprint density at radius 2 is 1.94 bits per heavy atom. The number of sulfonamides is 1. The van der Waals surface area contributed by atoms with E-state index < -0.39 is 10.0 Å². The summed E-state index contributed by atoms with van der Waals surface area (Å²) in [4.78, 5) is 1.10. The molecule has 0 aliphatic rings. The number of nitrogens with two attached hydrogens (primary N) is 1. The molecule has 0 bridgehead atoms. The van der Waals surface area contributed by atoms with E-state index >= 15 is 0 Å². The van der Waals surface area contributed by atoms with Gasteiger partial charge >= 0.3 is 0 Å². The number of hydrogen-bond acceptors (Lipinski definition) is 4. The Balaban J connectivity index is 2.25. The minimum Gasteiger partial charge on any atom is -0.326 e. The summed E-state index contributed by atoms with van der Waals surface area (Å²) in [7, 11) is -3.50. The van der Waals surface area contributed by atoms with Gasteiger partial charge in [0.25, 0.3) is 10.0 Å². The Morgan fingerprint density at radius 3 is 2.53 bits per heavy atom. The number of rotatable bonds is 4. The first-order valence-electron chi connectivity index (χ1n) is 4.97. The van der Waals surface area contributed by atoms with Crippen molar-refractivity contribution in [2.75, 3.05) is 4.72 Å². The van der Waals surface area contributed by atoms with Gasteiger partial charge in [0, 0.05) is 22.5 Å². The summed E-state index contributed by atoms with van der Waals surface area (Å²) in [6.45, 7) is 0.353. The van der Waals surface area contributed by atoms with Gasteiger partial charge in [-0.3, -0.25) is 4.72 Å². The highest BCUT2D eigenvalue weighted by molar-refractivity contribution is 7.92. The fraction of sp³-hybridized carbons (Fsp3) is 0.0909. The van der Waals surface area contributed by atoms with Crippen molar-refractivity contribution in [1.29, 1.82) is 0 Å². The molecule has 0 saturated carbocycles. The maximum absolute atomic E-state index is 12.0. The number of benzene rings is 1. The lowest BCUT2D eigenvalue weighted by Gasteiger charge is -2.05. The predicted molar refractivity (Wildman–Crippen MR) is 69.5 cm³/mol. The minimum atomic E-state index is -3.50. The van der Waals surface area contributed by atoms with Crippen LogP contribution >= 0.6 is 11.3 Å². The summed E-state index contributed by atoms with van der Waals surface area (Å²) >= 11 is 1.34. The van der Waals surface area contributed by atoms with Gasteiger partial charge in [0.15, 0.2) is 0 Å². The fourth-order valence-corrected chi connectivity index (χ4v) is 3.54. The van der Waals surface area contributed by atoms with Crippen molar-refractivity contribution in [3.05, 3.63) is 46.7 Å². The summed E-state index contributed by atoms with van der Waals surface area (Å²) in [5.74, 6) is 0. The van der Waals surface area contributed by atoms with Crippen molar-refractivity contribution < 1.29 is 8.42 Å². The van der Waals surface area contributed by atoms with Gasteiger partial charge in [-0.1, -0.05) is 18.2 Å². The third kappa shape index (κ3) is 2.85. The average Bonchev–Trinajstić information content (AvgIpc) is 2.79. The maximum Gasteiger partial charge on any atom is 0.262 e. The molecule has 0 aliphatic carbocycles. The number of nitrogens with one attached hydrogen (secondary N) is 1. The van der Waals surface area contributed by atoms with Gasteiger partial charge < -0.3 is 5.73 Å². The van der Waals surface area contributed by atoms with Gasteiger partial charge in [-0.25, -0.2) is 8.42 Å². The molecule has 1 aromatic carbocycles. The highest BCUT2D eigenvalue weighted by Crippen LogP contribution is 2.21. The SMILES string of the molecule is NCc1cc(S(=O)(=O)Nc2ccccc2)cs1. The number of hydrogen-bond donors (Lipinski definition) is 2. The molecule has 1 aromatic heterocycles. The fourth-order valence-electron chi connectivity index (χ4n) is 1.33. The van der Waals surface area contributed by atoms with E-state index in [-0.39, 0.29) is 4.90 Å². The molecule has 2 aromatic rings. The van der Waals surface area contributed by atoms with Crippen LogP contribution in [0.15, 0.2) is 46.7 Å². The minimum absolute atomic E-state index is 0.256. The lowest BCUT2D eigenvalue weighted by atomic mass is 10.3. The third-order valence-electron chi connectivity index (χ3n) is 2.17. The van der Waals surface area contributed by atoms with Crippen molar-refractivity contribution in [1.82, 2.24) is 0 Å². The summed E-state index contributed by atoms with van der Waals surface area (Å²) in [6, 6.07) is 10.4. The zero-order valence-electron chi connectivity index (χ0n) is 8.96. The molecule has 0 radical (unpaired) electrons. The molecule has 0 fully saturated rings. The summed E-state index contributed by atoms with van der Waals surface area (Å²) in [5, 5.41) is 1.59. The molecule has 0 atom stereocenters. The first-order valence-corrected chi connectivity index (χ1v) is 7.33. The van der Waals surface area contributed by atoms with Crippen LogP contribution in [0.2, 0.25) is 0 Å². The van der Waals surface area contributed by atoms with E-state index in [0.29, 0.717) is 12.2 Å². The largest absolute Gasteiger partial charge is 0.326 e. The van der Waals surface area contributed by atoms with Gasteiger partial charge in [0.05, 0.1) is 4.90 Å². The van der Waals surface area contributed by atoms with Crippen LogP contribution < -0.4 is 10.5 Å². The number of anilines is 1. The van der Waals surface area contributed by atoms with Crippen molar-refractivity contribution in [2.45, 2.75) is 11.4 Å². The lowest BCUT2D eigenvalue weighted by Crippen LogP contribution is -2.11. The van der Waals surface area contributed by atoms with E-state index in [9.17, 15) is 8.42 Å². The van der Waals surface area contributed by atoms with E-state index in [1.54, 1.807) is 35.7 Å². The van der Waals surface area contributed by atoms with Crippen LogP contribution in [0.1, 0.15) is 4.88 Å². The van der Waals surface area contributed by atoms with Gasteiger partial charge in [0.2, 0.25) is 0 Å². The molecule has 90 valence electrons. The monoisotopic (exact) mass is 268 g/mol. The molecular formula is C11H12N2O2S2. The first kappa shape index (κ1) is 12.1. The van der Waals surface area contributed by atoms with Crippen LogP contribution in [0.4, 0.5) is 5.69 Å². The van der Waals surface area contributed by atoms with E-state index in [1.807, 2.05) is 6.07 Å². The summed E-state index contributed by atoms with van der Waals surface area (Å²) in [5.41, 5.74) is 6.00. The molecule has 0 unspecified atom stereocenters. The van der Waals surface area contributed by atoms with Gasteiger partial charge in [-0.05, 0) is 18.2 Å². The molecule has 0 amide bonds.